The third-order valence-corrected chi connectivity index (χ3v) is 16.0. The van der Waals surface area contributed by atoms with E-state index in [1.165, 1.54) is 340 Å². The van der Waals surface area contributed by atoms with E-state index in [2.05, 4.69) is 31.3 Å². The maximum Gasteiger partial charge on any atom is 0.220 e. The molecule has 0 fully saturated rings. The summed E-state index contributed by atoms with van der Waals surface area (Å²) in [6.45, 7) is 4.41. The molecule has 0 radical (unpaired) electrons. The maximum absolute atomic E-state index is 12.5. The van der Waals surface area contributed by atoms with Crippen LogP contribution in [0.2, 0.25) is 0 Å². The lowest BCUT2D eigenvalue weighted by Crippen LogP contribution is -2.45. The van der Waals surface area contributed by atoms with E-state index in [0.29, 0.717) is 12.8 Å². The van der Waals surface area contributed by atoms with Crippen LogP contribution in [0.15, 0.2) is 12.2 Å². The molecule has 0 aliphatic rings. The second-order valence-corrected chi connectivity index (χ2v) is 23.2. The van der Waals surface area contributed by atoms with Crippen LogP contribution < -0.4 is 5.32 Å². The minimum absolute atomic E-state index is 0.0211. The van der Waals surface area contributed by atoms with E-state index in [1.54, 1.807) is 0 Å². The quantitative estimate of drug-likeness (QED) is 0.0420. The van der Waals surface area contributed by atoms with Crippen molar-refractivity contribution < 1.29 is 15.0 Å². The minimum atomic E-state index is -0.657. The number of carbonyl (C=O) groups is 1. The van der Waals surface area contributed by atoms with Gasteiger partial charge in [-0.15, -0.1) is 0 Å². The molecule has 0 rings (SSSR count). The molecule has 2 atom stereocenters. The molecule has 0 saturated heterocycles. The number of nitrogens with one attached hydrogen (secondary N) is 1. The minimum Gasteiger partial charge on any atom is -0.394 e. The number of allylic oxidation sites excluding steroid dienone is 2. The molecule has 0 bridgehead atoms. The van der Waals surface area contributed by atoms with Crippen LogP contribution >= 0.6 is 0 Å². The highest BCUT2D eigenvalue weighted by atomic mass is 16.3. The number of carbonyl (C=O) groups excluding carboxylic acids is 1. The lowest BCUT2D eigenvalue weighted by atomic mass is 10.0. The molecule has 0 heterocycles. The Labute approximate surface area is 447 Å². The van der Waals surface area contributed by atoms with Crippen molar-refractivity contribution in [2.24, 2.45) is 0 Å². The lowest BCUT2D eigenvalue weighted by Gasteiger charge is -2.22. The summed E-state index contributed by atoms with van der Waals surface area (Å²) in [4.78, 5) is 12.5. The monoisotopic (exact) mass is 1000 g/mol. The van der Waals surface area contributed by atoms with Gasteiger partial charge in [0.05, 0.1) is 18.8 Å². The summed E-state index contributed by atoms with van der Waals surface area (Å²) in [5.74, 6) is -0.0211. The molecule has 71 heavy (non-hydrogen) atoms. The van der Waals surface area contributed by atoms with E-state index < -0.39 is 12.1 Å². The van der Waals surface area contributed by atoms with Crippen LogP contribution in [0.1, 0.15) is 393 Å². The molecule has 3 N–H and O–H groups in total. The molecule has 4 heteroatoms. The Bertz CT molecular complexity index is 998. The first-order valence-electron chi connectivity index (χ1n) is 33.4. The Morgan fingerprint density at radius 3 is 0.775 bits per heavy atom. The number of amides is 1. The van der Waals surface area contributed by atoms with Crippen LogP contribution in [0, 0.1) is 0 Å². The van der Waals surface area contributed by atoms with Crippen LogP contribution in [-0.4, -0.2) is 34.9 Å². The molecular formula is C67H133NO3. The Morgan fingerprint density at radius 2 is 0.535 bits per heavy atom. The molecule has 4 nitrogen and oxygen atoms in total. The van der Waals surface area contributed by atoms with Gasteiger partial charge in [0.15, 0.2) is 0 Å². The summed E-state index contributed by atoms with van der Waals surface area (Å²) in [6.07, 6.45) is 84.0. The maximum atomic E-state index is 12.5. The average molecular weight is 1000 g/mol. The van der Waals surface area contributed by atoms with Gasteiger partial charge in [0.1, 0.15) is 0 Å². The topological polar surface area (TPSA) is 69.6 Å². The van der Waals surface area contributed by atoms with Gasteiger partial charge >= 0.3 is 0 Å². The summed E-state index contributed by atoms with van der Waals surface area (Å²) in [5, 5.41) is 23.4. The third-order valence-electron chi connectivity index (χ3n) is 16.0. The fourth-order valence-corrected chi connectivity index (χ4v) is 11.0. The van der Waals surface area contributed by atoms with E-state index in [9.17, 15) is 15.0 Å². The Hall–Kier alpha value is -0.870. The van der Waals surface area contributed by atoms with E-state index in [-0.39, 0.29) is 12.5 Å². The van der Waals surface area contributed by atoms with E-state index in [1.807, 2.05) is 0 Å². The lowest BCUT2D eigenvalue weighted by molar-refractivity contribution is -0.123. The standard InChI is InChI=1S/C67H133NO3/c1-3-5-7-9-11-13-15-17-19-21-23-25-27-29-31-32-33-34-35-36-37-39-41-43-45-47-49-51-53-55-57-59-61-63-67(71)68-65(64-69)66(70)62-60-58-56-54-52-50-48-46-44-42-40-38-30-28-26-24-22-20-18-16-14-12-10-8-6-4-2/h21,23,65-66,69-70H,3-20,22,24-64H2,1-2H3,(H,68,71)/b23-21-. The van der Waals surface area contributed by atoms with E-state index in [4.69, 9.17) is 0 Å². The normalized spacial score (nSPS) is 12.7. The fourth-order valence-electron chi connectivity index (χ4n) is 11.0. The molecular weight excluding hydrogens is 867 g/mol. The van der Waals surface area contributed by atoms with Crippen molar-refractivity contribution in [3.8, 4) is 0 Å². The molecule has 0 aromatic heterocycles. The first-order valence-corrected chi connectivity index (χ1v) is 33.4. The van der Waals surface area contributed by atoms with Gasteiger partial charge in [-0.25, -0.2) is 0 Å². The van der Waals surface area contributed by atoms with Crippen molar-refractivity contribution in [3.63, 3.8) is 0 Å². The molecule has 0 aliphatic carbocycles. The molecule has 0 saturated carbocycles. The molecule has 424 valence electrons. The zero-order valence-corrected chi connectivity index (χ0v) is 49.0. The fraction of sp³-hybridized carbons (Fsp3) is 0.955. The van der Waals surface area contributed by atoms with Gasteiger partial charge < -0.3 is 15.5 Å². The molecule has 2 unspecified atom stereocenters. The van der Waals surface area contributed by atoms with Crippen molar-refractivity contribution in [1.29, 1.82) is 0 Å². The molecule has 0 aromatic rings. The third kappa shape index (κ3) is 59.9. The Balaban J connectivity index is 3.37. The van der Waals surface area contributed by atoms with Gasteiger partial charge in [0.25, 0.3) is 0 Å². The van der Waals surface area contributed by atoms with Crippen molar-refractivity contribution in [2.45, 2.75) is 405 Å². The molecule has 1 amide bonds. The number of rotatable bonds is 63. The average Bonchev–Trinajstić information content (AvgIpc) is 3.37. The van der Waals surface area contributed by atoms with Gasteiger partial charge in [-0.1, -0.05) is 360 Å². The van der Waals surface area contributed by atoms with Crippen LogP contribution in [0.4, 0.5) is 0 Å². The summed E-state index contributed by atoms with van der Waals surface area (Å²) in [5.41, 5.74) is 0. The predicted octanol–water partition coefficient (Wildman–Crippen LogP) is 22.4. The highest BCUT2D eigenvalue weighted by Crippen LogP contribution is 2.19. The highest BCUT2D eigenvalue weighted by Gasteiger charge is 2.20. The Kier molecular flexibility index (Phi) is 62.6. The summed E-state index contributed by atoms with van der Waals surface area (Å²) < 4.78 is 0. The van der Waals surface area contributed by atoms with Crippen LogP contribution in [0.25, 0.3) is 0 Å². The zero-order chi connectivity index (χ0) is 51.3. The van der Waals surface area contributed by atoms with Gasteiger partial charge in [0, 0.05) is 6.42 Å². The number of aliphatic hydroxyl groups excluding tert-OH is 2. The number of hydrogen-bond donors (Lipinski definition) is 3. The predicted molar refractivity (Wildman–Crippen MR) is 318 cm³/mol. The first-order chi connectivity index (χ1) is 35.2. The van der Waals surface area contributed by atoms with Gasteiger partial charge in [-0.05, 0) is 38.5 Å². The number of aliphatic hydroxyl groups is 2. The van der Waals surface area contributed by atoms with Crippen molar-refractivity contribution in [3.05, 3.63) is 12.2 Å². The molecule has 0 aromatic carbocycles. The molecule has 0 spiro atoms. The van der Waals surface area contributed by atoms with Crippen LogP contribution in [0.5, 0.6) is 0 Å². The second-order valence-electron chi connectivity index (χ2n) is 23.2. The molecule has 0 aliphatic heterocycles. The largest absolute Gasteiger partial charge is 0.394 e. The summed E-state index contributed by atoms with van der Waals surface area (Å²) >= 11 is 0. The number of hydrogen-bond acceptors (Lipinski definition) is 3. The van der Waals surface area contributed by atoms with E-state index >= 15 is 0 Å². The van der Waals surface area contributed by atoms with Crippen molar-refractivity contribution in [2.75, 3.05) is 6.61 Å². The Morgan fingerprint density at radius 1 is 0.324 bits per heavy atom. The summed E-state index contributed by atoms with van der Waals surface area (Å²) in [6, 6.07) is -0.534. The van der Waals surface area contributed by atoms with Gasteiger partial charge in [-0.3, -0.25) is 4.79 Å². The van der Waals surface area contributed by atoms with Crippen LogP contribution in [-0.2, 0) is 4.79 Å². The van der Waals surface area contributed by atoms with E-state index in [0.717, 1.165) is 25.7 Å². The number of unbranched alkanes of at least 4 members (excludes halogenated alkanes) is 54. The van der Waals surface area contributed by atoms with Gasteiger partial charge in [0.2, 0.25) is 5.91 Å². The van der Waals surface area contributed by atoms with Gasteiger partial charge in [-0.2, -0.15) is 0 Å². The smallest absolute Gasteiger partial charge is 0.220 e. The summed E-state index contributed by atoms with van der Waals surface area (Å²) in [7, 11) is 0. The second kappa shape index (κ2) is 63.4. The van der Waals surface area contributed by atoms with Crippen LogP contribution in [0.3, 0.4) is 0 Å². The van der Waals surface area contributed by atoms with Crippen molar-refractivity contribution >= 4 is 5.91 Å². The first kappa shape index (κ1) is 70.1. The zero-order valence-electron chi connectivity index (χ0n) is 49.0. The highest BCUT2D eigenvalue weighted by molar-refractivity contribution is 5.76. The van der Waals surface area contributed by atoms with Crippen molar-refractivity contribution in [1.82, 2.24) is 5.32 Å². The SMILES string of the molecule is CCCCCCCCCC/C=C\CCCCCCCCCCCCCCCCCCCCCCCC(=O)NC(CO)C(O)CCCCCCCCCCCCCCCCCCCCCCCCCCCC.